The van der Waals surface area contributed by atoms with Crippen LogP contribution in [0.4, 0.5) is 11.4 Å². The lowest BCUT2D eigenvalue weighted by Crippen LogP contribution is -2.25. The Hall–Kier alpha value is -3.60. The molecule has 0 unspecified atom stereocenters. The largest absolute Gasteiger partial charge is 0.377 e. The van der Waals surface area contributed by atoms with Crippen LogP contribution in [-0.2, 0) is 12.0 Å². The summed E-state index contributed by atoms with van der Waals surface area (Å²) in [6, 6.07) is 22.8. The highest BCUT2D eigenvalue weighted by Gasteiger charge is 2.17. The number of nitrogens with one attached hydrogen (secondary N) is 2. The molecule has 0 aliphatic carbocycles. The molecule has 0 bridgehead atoms. The Kier molecular flexibility index (Phi) is 6.98. The SMILES string of the molecule is CN(C)c1ccc(NC(=O)c2ccc(C(C)(C)C)cc2)cc1C(=O)NCc1ccccc1. The van der Waals surface area contributed by atoms with Crippen LogP contribution < -0.4 is 15.5 Å². The van der Waals surface area contributed by atoms with Crippen molar-refractivity contribution in [3.05, 3.63) is 95.1 Å². The first kappa shape index (κ1) is 23.1. The summed E-state index contributed by atoms with van der Waals surface area (Å²) in [7, 11) is 3.77. The van der Waals surface area contributed by atoms with Crippen LogP contribution in [0.2, 0.25) is 0 Å². The highest BCUT2D eigenvalue weighted by Crippen LogP contribution is 2.25. The van der Waals surface area contributed by atoms with E-state index in [4.69, 9.17) is 0 Å². The number of anilines is 2. The van der Waals surface area contributed by atoms with E-state index >= 15 is 0 Å². The quantitative estimate of drug-likeness (QED) is 0.564. The number of benzene rings is 3. The Balaban J connectivity index is 1.77. The molecule has 2 N–H and O–H groups in total. The molecular weight excluding hydrogens is 398 g/mol. The number of amides is 2. The first-order chi connectivity index (χ1) is 15.1. The van der Waals surface area contributed by atoms with Crippen LogP contribution >= 0.6 is 0 Å². The van der Waals surface area contributed by atoms with Gasteiger partial charge in [-0.3, -0.25) is 9.59 Å². The molecule has 0 aromatic heterocycles. The smallest absolute Gasteiger partial charge is 0.255 e. The first-order valence-electron chi connectivity index (χ1n) is 10.7. The van der Waals surface area contributed by atoms with Gasteiger partial charge in [-0.2, -0.15) is 0 Å². The number of carbonyl (C=O) groups is 2. The number of rotatable bonds is 6. The summed E-state index contributed by atoms with van der Waals surface area (Å²) in [6.07, 6.45) is 0. The fourth-order valence-corrected chi connectivity index (χ4v) is 3.38. The topological polar surface area (TPSA) is 61.4 Å². The molecule has 0 saturated carbocycles. The Bertz CT molecular complexity index is 1080. The third-order valence-electron chi connectivity index (χ3n) is 5.29. The minimum Gasteiger partial charge on any atom is -0.377 e. The lowest BCUT2D eigenvalue weighted by molar-refractivity contribution is 0.0950. The van der Waals surface area contributed by atoms with Crippen molar-refractivity contribution in [2.45, 2.75) is 32.7 Å². The van der Waals surface area contributed by atoms with Crippen LogP contribution in [0.3, 0.4) is 0 Å². The lowest BCUT2D eigenvalue weighted by atomic mass is 9.87. The molecule has 166 valence electrons. The van der Waals surface area contributed by atoms with Crippen LogP contribution in [0.15, 0.2) is 72.8 Å². The number of hydrogen-bond acceptors (Lipinski definition) is 3. The van der Waals surface area contributed by atoms with Crippen LogP contribution in [0.25, 0.3) is 0 Å². The zero-order valence-electron chi connectivity index (χ0n) is 19.4. The van der Waals surface area contributed by atoms with Gasteiger partial charge in [0.25, 0.3) is 11.8 Å². The standard InChI is InChI=1S/C27H31N3O2/c1-27(2,3)21-13-11-20(12-14-21)25(31)29-22-15-16-24(30(4)5)23(17-22)26(32)28-18-19-9-7-6-8-10-19/h6-17H,18H2,1-5H3,(H,28,32)(H,29,31). The molecule has 32 heavy (non-hydrogen) atoms. The van der Waals surface area contributed by atoms with E-state index in [1.807, 2.05) is 85.7 Å². The minimum absolute atomic E-state index is 0.0268. The van der Waals surface area contributed by atoms with Crippen molar-refractivity contribution in [2.75, 3.05) is 24.3 Å². The van der Waals surface area contributed by atoms with Gasteiger partial charge in [0.15, 0.2) is 0 Å². The van der Waals surface area contributed by atoms with E-state index in [1.54, 1.807) is 6.07 Å². The summed E-state index contributed by atoms with van der Waals surface area (Å²) >= 11 is 0. The molecule has 0 radical (unpaired) electrons. The van der Waals surface area contributed by atoms with Gasteiger partial charge >= 0.3 is 0 Å². The van der Waals surface area contributed by atoms with Gasteiger partial charge in [-0.05, 0) is 46.9 Å². The summed E-state index contributed by atoms with van der Waals surface area (Å²) in [5.41, 5.74) is 4.65. The highest BCUT2D eigenvalue weighted by molar-refractivity contribution is 6.06. The van der Waals surface area contributed by atoms with E-state index in [0.717, 1.165) is 11.3 Å². The van der Waals surface area contributed by atoms with Crippen molar-refractivity contribution < 1.29 is 9.59 Å². The van der Waals surface area contributed by atoms with Crippen LogP contribution in [-0.4, -0.2) is 25.9 Å². The Morgan fingerprint density at radius 2 is 1.50 bits per heavy atom. The molecule has 5 heteroatoms. The fraction of sp³-hybridized carbons (Fsp3) is 0.259. The van der Waals surface area contributed by atoms with Crippen molar-refractivity contribution in [1.29, 1.82) is 0 Å². The normalized spacial score (nSPS) is 11.0. The number of carbonyl (C=O) groups excluding carboxylic acids is 2. The fourth-order valence-electron chi connectivity index (χ4n) is 3.38. The van der Waals surface area contributed by atoms with E-state index in [1.165, 1.54) is 5.56 Å². The number of hydrogen-bond donors (Lipinski definition) is 2. The third kappa shape index (κ3) is 5.76. The lowest BCUT2D eigenvalue weighted by Gasteiger charge is -2.19. The average Bonchev–Trinajstić information content (AvgIpc) is 2.77. The average molecular weight is 430 g/mol. The van der Waals surface area contributed by atoms with Gasteiger partial charge in [-0.15, -0.1) is 0 Å². The third-order valence-corrected chi connectivity index (χ3v) is 5.29. The zero-order valence-corrected chi connectivity index (χ0v) is 19.4. The highest BCUT2D eigenvalue weighted by atomic mass is 16.2. The van der Waals surface area contributed by atoms with E-state index in [2.05, 4.69) is 31.4 Å². The monoisotopic (exact) mass is 429 g/mol. The van der Waals surface area contributed by atoms with Crippen molar-refractivity contribution >= 4 is 23.2 Å². The van der Waals surface area contributed by atoms with Gasteiger partial charge in [-0.1, -0.05) is 63.2 Å². The molecule has 5 nitrogen and oxygen atoms in total. The molecule has 0 atom stereocenters. The molecule has 3 rings (SSSR count). The van der Waals surface area contributed by atoms with Gasteiger partial charge < -0.3 is 15.5 Å². The van der Waals surface area contributed by atoms with Gasteiger partial charge in [0.1, 0.15) is 0 Å². The number of nitrogens with zero attached hydrogens (tertiary/aromatic N) is 1. The summed E-state index contributed by atoms with van der Waals surface area (Å²) in [6.45, 7) is 6.85. The predicted molar refractivity (Wildman–Crippen MR) is 131 cm³/mol. The summed E-state index contributed by atoms with van der Waals surface area (Å²) < 4.78 is 0. The van der Waals surface area contributed by atoms with Gasteiger partial charge in [0.05, 0.1) is 5.56 Å². The molecule has 0 aliphatic heterocycles. The summed E-state index contributed by atoms with van der Waals surface area (Å²) in [4.78, 5) is 27.6. The molecule has 2 amide bonds. The van der Waals surface area contributed by atoms with E-state index in [-0.39, 0.29) is 17.2 Å². The minimum atomic E-state index is -0.210. The Morgan fingerprint density at radius 1 is 0.844 bits per heavy atom. The predicted octanol–water partition coefficient (Wildman–Crippen LogP) is 5.23. The molecular formula is C27H31N3O2. The zero-order chi connectivity index (χ0) is 23.3. The molecule has 0 saturated heterocycles. The molecule has 0 heterocycles. The van der Waals surface area contributed by atoms with Crippen molar-refractivity contribution in [3.63, 3.8) is 0 Å². The molecule has 3 aromatic rings. The summed E-state index contributed by atoms with van der Waals surface area (Å²) in [5, 5.41) is 5.88. The maximum absolute atomic E-state index is 12.9. The first-order valence-corrected chi connectivity index (χ1v) is 10.7. The van der Waals surface area contributed by atoms with E-state index in [9.17, 15) is 9.59 Å². The second-order valence-electron chi connectivity index (χ2n) is 9.08. The summed E-state index contributed by atoms with van der Waals surface area (Å²) in [5.74, 6) is -0.401. The molecule has 3 aromatic carbocycles. The second kappa shape index (κ2) is 9.69. The molecule has 0 spiro atoms. The van der Waals surface area contributed by atoms with E-state index in [0.29, 0.717) is 23.4 Å². The maximum atomic E-state index is 12.9. The van der Waals surface area contributed by atoms with Gasteiger partial charge in [0.2, 0.25) is 0 Å². The van der Waals surface area contributed by atoms with Gasteiger partial charge in [-0.25, -0.2) is 0 Å². The van der Waals surface area contributed by atoms with Crippen LogP contribution in [0.1, 0.15) is 52.6 Å². The second-order valence-corrected chi connectivity index (χ2v) is 9.08. The Labute approximate surface area is 190 Å². The van der Waals surface area contributed by atoms with Gasteiger partial charge in [0, 0.05) is 37.6 Å². The van der Waals surface area contributed by atoms with Crippen molar-refractivity contribution in [1.82, 2.24) is 5.32 Å². The van der Waals surface area contributed by atoms with Crippen molar-refractivity contribution in [3.8, 4) is 0 Å². The van der Waals surface area contributed by atoms with Crippen LogP contribution in [0.5, 0.6) is 0 Å². The Morgan fingerprint density at radius 3 is 2.09 bits per heavy atom. The van der Waals surface area contributed by atoms with E-state index < -0.39 is 0 Å². The van der Waals surface area contributed by atoms with Crippen LogP contribution in [0, 0.1) is 0 Å². The molecule has 0 fully saturated rings. The molecule has 0 aliphatic rings. The maximum Gasteiger partial charge on any atom is 0.255 e. The van der Waals surface area contributed by atoms with Crippen molar-refractivity contribution in [2.24, 2.45) is 0 Å².